The smallest absolute Gasteiger partial charge is 0 e. The Kier molecular flexibility index (Phi) is 4070. The molecule has 0 aromatic heterocycles. The van der Waals surface area contributed by atoms with Gasteiger partial charge in [-0.25, -0.2) is 0 Å². The van der Waals surface area contributed by atoms with Gasteiger partial charge in [0.1, 0.15) is 0 Å². The molecule has 42 heavy (non-hydrogen) atoms. The third kappa shape index (κ3) is 387. The summed E-state index contributed by atoms with van der Waals surface area (Å²) in [7, 11) is 0. The van der Waals surface area contributed by atoms with Gasteiger partial charge in [-0.05, 0) is 0 Å². The van der Waals surface area contributed by atoms with Gasteiger partial charge in [0.15, 0.2) is 0 Å². The molecule has 0 fully saturated rings. The molecule has 0 saturated carbocycles. The molecule has 0 aromatic rings. The van der Waals surface area contributed by atoms with Crippen molar-refractivity contribution in [1.29, 1.82) is 0 Å². The van der Waals surface area contributed by atoms with E-state index in [4.69, 9.17) is 0 Å². The van der Waals surface area contributed by atoms with Crippen molar-refractivity contribution in [3.05, 3.63) is 7.43 Å². The Labute approximate surface area is 845 Å². The Bertz CT molecular complexity index is 6.82. The molecule has 0 bridgehead atoms. The van der Waals surface area contributed by atoms with Crippen LogP contribution in [0.25, 0.3) is 0 Å². The van der Waals surface area contributed by atoms with Crippen LogP contribution in [0, 0.1) is 7.43 Å². The Balaban J connectivity index is 0. The third-order valence-electron chi connectivity index (χ3n) is 0. The maximum atomic E-state index is 0. The van der Waals surface area contributed by atoms with Crippen LogP contribution in [0.4, 0.5) is 0 Å². The van der Waals surface area contributed by atoms with Crippen molar-refractivity contribution in [2.75, 3.05) is 0 Å². The molecular weight excluding hydrogens is 7550 g/mol. The van der Waals surface area contributed by atoms with Crippen molar-refractivity contribution in [3.8, 4) is 0 Å². The fraction of sp³-hybridized carbons (Fsp3) is 0. The summed E-state index contributed by atoms with van der Waals surface area (Å²) in [5, 5.41) is 0. The first-order valence-electron chi connectivity index (χ1n) is 0. The van der Waals surface area contributed by atoms with Crippen LogP contribution in [0.3, 0.4) is 0 Å². The summed E-state index contributed by atoms with van der Waals surface area (Å²) in [6.45, 7) is 0. The van der Waals surface area contributed by atoms with Crippen molar-refractivity contribution < 1.29 is 864 Å². The molecule has 0 nitrogen and oxygen atoms in total. The van der Waals surface area contributed by atoms with Gasteiger partial charge in [-0.15, -0.1) is 0 Å². The summed E-state index contributed by atoms with van der Waals surface area (Å²) < 4.78 is 0. The molecule has 0 N–H and O–H groups in total. The van der Waals surface area contributed by atoms with Crippen LogP contribution < -0.4 is 0 Å². The molecule has 0 saturated heterocycles. The average Bonchev–Trinajstić information content (AvgIpc) is 0. The van der Waals surface area contributed by atoms with E-state index in [1.165, 1.54) is 0 Å². The van der Waals surface area contributed by atoms with E-state index >= 15 is 0 Å². The van der Waals surface area contributed by atoms with E-state index in [1.807, 2.05) is 0 Å². The van der Waals surface area contributed by atoms with E-state index in [0.717, 1.165) is 0 Å². The SMILES string of the molecule is [CH3-].[W].[W].[W].[W].[W].[W].[W].[W].[W].[W].[W].[W].[W].[W].[W].[W].[W].[W].[W].[W].[W].[W].[W].[W].[W].[W].[W].[W].[W].[W].[W].[W].[W].[W].[W].[W].[W].[W].[W].[W].[W]. The predicted octanol–water partition coefficient (Wildman–Crippen LogP) is 0.348. The average molecular weight is 7550 g/mol. The first kappa shape index (κ1) is 422. The zero-order valence-electron chi connectivity index (χ0n) is 17.7. The van der Waals surface area contributed by atoms with E-state index in [0.29, 0.717) is 0 Å². The van der Waals surface area contributed by atoms with Gasteiger partial charge in [0.25, 0.3) is 0 Å². The maximum Gasteiger partial charge on any atom is 0 e. The molecule has 0 aromatic carbocycles. The van der Waals surface area contributed by atoms with Crippen molar-refractivity contribution in [3.63, 3.8) is 0 Å². The summed E-state index contributed by atoms with van der Waals surface area (Å²) in [5.74, 6) is 0. The largest absolute Gasteiger partial charge is 0.358 e. The minimum atomic E-state index is 0. The molecule has 0 spiro atoms. The molecule has 0 aliphatic rings. The van der Waals surface area contributed by atoms with E-state index in [2.05, 4.69) is 0 Å². The predicted molar refractivity (Wildman–Crippen MR) is 6.41 cm³/mol. The second kappa shape index (κ2) is 405. The van der Waals surface area contributed by atoms with Gasteiger partial charge in [-0.2, -0.15) is 0 Å². The monoisotopic (exact) mass is 7560 g/mol. The molecular formula is CH3W41-. The topological polar surface area (TPSA) is 0 Å². The number of hydrogen-bond donors (Lipinski definition) is 0. The fourth-order valence-corrected chi connectivity index (χ4v) is 0. The molecule has 0 radical (unpaired) electrons. The Morgan fingerprint density at radius 2 is 0.0476 bits per heavy atom. The fourth-order valence-electron chi connectivity index (χ4n) is 0. The maximum absolute atomic E-state index is 0. The quantitative estimate of drug-likeness (QED) is 0.308. The Hall–Kier alpha value is 28.2. The Morgan fingerprint density at radius 3 is 0.0476 bits per heavy atom. The minimum Gasteiger partial charge on any atom is -0.358 e. The van der Waals surface area contributed by atoms with Crippen LogP contribution in [0.5, 0.6) is 0 Å². The zero-order chi connectivity index (χ0) is 0. The van der Waals surface area contributed by atoms with Crippen LogP contribution in [0.2, 0.25) is 0 Å². The number of hydrogen-bond acceptors (Lipinski definition) is 0. The number of rotatable bonds is 0. The minimum absolute atomic E-state index is 0. The normalized spacial score (nSPS) is 0. The van der Waals surface area contributed by atoms with E-state index in [1.54, 1.807) is 0 Å². The van der Waals surface area contributed by atoms with Crippen LogP contribution in [0.1, 0.15) is 0 Å². The summed E-state index contributed by atoms with van der Waals surface area (Å²) in [6, 6.07) is 0. The van der Waals surface area contributed by atoms with Crippen molar-refractivity contribution >= 4 is 0 Å². The standard InChI is InChI=1S/CH3.41W/h1H3;;;;;;;;;;;;;;;;;;;;;;;;;;;;;;;;;;;;;;;;;/q-1;;;;;;;;;;;;;;;;;;;;;;;;;;;;;;;;;;;;;;;;;. The molecule has 254 valence electrons. The van der Waals surface area contributed by atoms with Gasteiger partial charge in [0.2, 0.25) is 0 Å². The first-order chi connectivity index (χ1) is 0. The molecule has 0 aliphatic carbocycles. The van der Waals surface area contributed by atoms with Gasteiger partial charge in [0.05, 0.1) is 0 Å². The molecule has 0 heterocycles. The second-order valence-corrected chi connectivity index (χ2v) is 0. The van der Waals surface area contributed by atoms with Gasteiger partial charge >= 0.3 is 0 Å². The van der Waals surface area contributed by atoms with Gasteiger partial charge in [-0.3, -0.25) is 0 Å². The molecule has 0 rings (SSSR count). The van der Waals surface area contributed by atoms with Crippen molar-refractivity contribution in [1.82, 2.24) is 0 Å². The van der Waals surface area contributed by atoms with Crippen LogP contribution in [-0.2, 0) is 864 Å². The molecule has 41 heteroatoms. The van der Waals surface area contributed by atoms with E-state index in [-0.39, 0.29) is 871 Å². The van der Waals surface area contributed by atoms with Gasteiger partial charge < -0.3 is 7.43 Å². The van der Waals surface area contributed by atoms with E-state index in [9.17, 15) is 0 Å². The van der Waals surface area contributed by atoms with Crippen LogP contribution in [-0.4, -0.2) is 0 Å². The molecule has 0 aliphatic heterocycles. The van der Waals surface area contributed by atoms with Crippen LogP contribution >= 0.6 is 0 Å². The zero-order valence-corrected chi connectivity index (χ0v) is 138. The van der Waals surface area contributed by atoms with Crippen LogP contribution in [0.15, 0.2) is 0 Å². The van der Waals surface area contributed by atoms with Crippen molar-refractivity contribution in [2.45, 2.75) is 0 Å². The van der Waals surface area contributed by atoms with Gasteiger partial charge in [0, 0.05) is 864 Å². The second-order valence-electron chi connectivity index (χ2n) is 0. The van der Waals surface area contributed by atoms with Crippen molar-refractivity contribution in [2.24, 2.45) is 0 Å². The molecule has 0 amide bonds. The van der Waals surface area contributed by atoms with E-state index < -0.39 is 0 Å². The summed E-state index contributed by atoms with van der Waals surface area (Å²) in [6.07, 6.45) is 0. The Morgan fingerprint density at radius 1 is 0.0476 bits per heavy atom. The summed E-state index contributed by atoms with van der Waals surface area (Å²) in [5.41, 5.74) is 0. The third-order valence-corrected chi connectivity index (χ3v) is 0. The summed E-state index contributed by atoms with van der Waals surface area (Å²) in [4.78, 5) is 0. The van der Waals surface area contributed by atoms with Gasteiger partial charge in [-0.1, -0.05) is 0 Å². The summed E-state index contributed by atoms with van der Waals surface area (Å²) >= 11 is 0. The molecule has 0 atom stereocenters. The first-order valence-corrected chi connectivity index (χ1v) is 0. The molecule has 0 unspecified atom stereocenters.